The Labute approximate surface area is 201 Å². The molecule has 3 rings (SSSR count). The standard InChI is InChI=1S/C22H33FN4O3.HI/c1-2-24-22(25-15-21(28)26-18-7-5-6-17(23)14-18)27-11-9-19(10-12-27)30-16-20-8-3-4-13-29-20;/h5-7,14,19-20H,2-4,8-13,15-16H2,1H3,(H,24,25)(H,26,28);1H. The highest BCUT2D eigenvalue weighted by Crippen LogP contribution is 2.18. The molecule has 1 aromatic carbocycles. The number of guanidine groups is 1. The smallest absolute Gasteiger partial charge is 0.246 e. The molecule has 1 amide bonds. The van der Waals surface area contributed by atoms with Gasteiger partial charge >= 0.3 is 0 Å². The van der Waals surface area contributed by atoms with Crippen molar-refractivity contribution in [1.29, 1.82) is 0 Å². The summed E-state index contributed by atoms with van der Waals surface area (Å²) in [6, 6.07) is 5.84. The molecule has 2 saturated heterocycles. The Hall–Kier alpha value is -1.46. The average molecular weight is 548 g/mol. The third kappa shape index (κ3) is 8.89. The van der Waals surface area contributed by atoms with Gasteiger partial charge in [0, 0.05) is 31.9 Å². The normalized spacial score (nSPS) is 20.1. The maximum Gasteiger partial charge on any atom is 0.246 e. The van der Waals surface area contributed by atoms with Crippen molar-refractivity contribution in [2.24, 2.45) is 4.99 Å². The number of carbonyl (C=O) groups excluding carboxylic acids is 1. The maximum atomic E-state index is 13.3. The number of amides is 1. The first kappa shape index (κ1) is 25.8. The predicted molar refractivity (Wildman–Crippen MR) is 131 cm³/mol. The van der Waals surface area contributed by atoms with E-state index in [4.69, 9.17) is 9.47 Å². The van der Waals surface area contributed by atoms with Gasteiger partial charge < -0.3 is 25.0 Å². The van der Waals surface area contributed by atoms with Gasteiger partial charge in [-0.3, -0.25) is 4.79 Å². The number of carbonyl (C=O) groups is 1. The first-order chi connectivity index (χ1) is 14.6. The van der Waals surface area contributed by atoms with Crippen LogP contribution in [0.25, 0.3) is 0 Å². The number of benzene rings is 1. The Balaban J connectivity index is 0.00000341. The summed E-state index contributed by atoms with van der Waals surface area (Å²) in [7, 11) is 0. The number of halogens is 2. The second-order valence-electron chi connectivity index (χ2n) is 7.74. The number of anilines is 1. The van der Waals surface area contributed by atoms with E-state index >= 15 is 0 Å². The van der Waals surface area contributed by atoms with Crippen LogP contribution in [-0.4, -0.2) is 68.4 Å². The summed E-state index contributed by atoms with van der Waals surface area (Å²) in [5, 5.41) is 5.93. The molecule has 2 aliphatic rings. The molecule has 2 aliphatic heterocycles. The monoisotopic (exact) mass is 548 g/mol. The van der Waals surface area contributed by atoms with E-state index in [2.05, 4.69) is 20.5 Å². The molecule has 1 aromatic rings. The van der Waals surface area contributed by atoms with Gasteiger partial charge in [-0.25, -0.2) is 9.38 Å². The second-order valence-corrected chi connectivity index (χ2v) is 7.74. The molecule has 0 aromatic heterocycles. The summed E-state index contributed by atoms with van der Waals surface area (Å²) < 4.78 is 25.1. The fourth-order valence-electron chi connectivity index (χ4n) is 3.76. The van der Waals surface area contributed by atoms with Gasteiger partial charge in [-0.05, 0) is 57.2 Å². The van der Waals surface area contributed by atoms with Crippen molar-refractivity contribution in [3.63, 3.8) is 0 Å². The van der Waals surface area contributed by atoms with E-state index in [-0.39, 0.29) is 54.5 Å². The molecular weight excluding hydrogens is 514 g/mol. The number of nitrogens with zero attached hydrogens (tertiary/aromatic N) is 2. The average Bonchev–Trinajstić information content (AvgIpc) is 2.76. The number of hydrogen-bond donors (Lipinski definition) is 2. The summed E-state index contributed by atoms with van der Waals surface area (Å²) in [5.41, 5.74) is 0.431. The molecule has 174 valence electrons. The van der Waals surface area contributed by atoms with Crippen LogP contribution in [-0.2, 0) is 14.3 Å². The minimum atomic E-state index is -0.384. The zero-order valence-electron chi connectivity index (χ0n) is 18.1. The van der Waals surface area contributed by atoms with Crippen molar-refractivity contribution in [1.82, 2.24) is 10.2 Å². The lowest BCUT2D eigenvalue weighted by atomic mass is 10.1. The van der Waals surface area contributed by atoms with E-state index < -0.39 is 0 Å². The van der Waals surface area contributed by atoms with Crippen LogP contribution in [0.5, 0.6) is 0 Å². The van der Waals surface area contributed by atoms with Crippen LogP contribution in [0.4, 0.5) is 10.1 Å². The molecule has 2 fully saturated rings. The van der Waals surface area contributed by atoms with Crippen LogP contribution in [0.15, 0.2) is 29.3 Å². The minimum Gasteiger partial charge on any atom is -0.376 e. The van der Waals surface area contributed by atoms with Crippen LogP contribution in [0.3, 0.4) is 0 Å². The van der Waals surface area contributed by atoms with E-state index in [0.29, 0.717) is 12.3 Å². The number of nitrogens with one attached hydrogen (secondary N) is 2. The summed E-state index contributed by atoms with van der Waals surface area (Å²) in [6.45, 7) is 5.89. The Kier molecular flexibility index (Phi) is 11.5. The number of rotatable bonds is 7. The Morgan fingerprint density at radius 2 is 2.10 bits per heavy atom. The maximum absolute atomic E-state index is 13.3. The topological polar surface area (TPSA) is 75.2 Å². The number of hydrogen-bond acceptors (Lipinski definition) is 4. The molecule has 0 aliphatic carbocycles. The second kappa shape index (κ2) is 13.8. The van der Waals surface area contributed by atoms with Crippen LogP contribution in [0.1, 0.15) is 39.0 Å². The molecule has 31 heavy (non-hydrogen) atoms. The van der Waals surface area contributed by atoms with Crippen molar-refractivity contribution in [2.75, 3.05) is 44.7 Å². The highest BCUT2D eigenvalue weighted by Gasteiger charge is 2.24. The van der Waals surface area contributed by atoms with E-state index in [1.807, 2.05) is 6.92 Å². The Morgan fingerprint density at radius 3 is 2.77 bits per heavy atom. The van der Waals surface area contributed by atoms with E-state index in [1.165, 1.54) is 18.6 Å². The summed E-state index contributed by atoms with van der Waals surface area (Å²) >= 11 is 0. The van der Waals surface area contributed by atoms with Gasteiger partial charge in [-0.2, -0.15) is 0 Å². The zero-order valence-corrected chi connectivity index (χ0v) is 20.5. The lowest BCUT2D eigenvalue weighted by molar-refractivity contribution is -0.114. The van der Waals surface area contributed by atoms with Gasteiger partial charge in [0.05, 0.1) is 18.8 Å². The molecule has 1 unspecified atom stereocenters. The molecule has 0 bridgehead atoms. The summed E-state index contributed by atoms with van der Waals surface area (Å²) in [6.07, 6.45) is 5.80. The van der Waals surface area contributed by atoms with Crippen LogP contribution >= 0.6 is 24.0 Å². The minimum absolute atomic E-state index is 0. The number of ether oxygens (including phenoxy) is 2. The lowest BCUT2D eigenvalue weighted by Crippen LogP contribution is -2.47. The van der Waals surface area contributed by atoms with Gasteiger partial charge in [0.2, 0.25) is 5.91 Å². The molecule has 2 N–H and O–H groups in total. The van der Waals surface area contributed by atoms with Crippen LogP contribution in [0, 0.1) is 5.82 Å². The van der Waals surface area contributed by atoms with Gasteiger partial charge in [0.1, 0.15) is 12.4 Å². The largest absolute Gasteiger partial charge is 0.376 e. The first-order valence-electron chi connectivity index (χ1n) is 11.0. The predicted octanol–water partition coefficient (Wildman–Crippen LogP) is 3.40. The van der Waals surface area contributed by atoms with Crippen molar-refractivity contribution in [3.8, 4) is 0 Å². The van der Waals surface area contributed by atoms with Gasteiger partial charge in [0.25, 0.3) is 0 Å². The quantitative estimate of drug-likeness (QED) is 0.311. The van der Waals surface area contributed by atoms with Gasteiger partial charge in [-0.1, -0.05) is 6.07 Å². The van der Waals surface area contributed by atoms with Crippen molar-refractivity contribution >= 4 is 41.5 Å². The lowest BCUT2D eigenvalue weighted by Gasteiger charge is -2.35. The molecule has 7 nitrogen and oxygen atoms in total. The van der Waals surface area contributed by atoms with Crippen molar-refractivity contribution < 1.29 is 18.7 Å². The Morgan fingerprint density at radius 1 is 1.29 bits per heavy atom. The summed E-state index contributed by atoms with van der Waals surface area (Å²) in [5.74, 6) is 0.0624. The third-order valence-corrected chi connectivity index (χ3v) is 5.35. The molecule has 0 saturated carbocycles. The third-order valence-electron chi connectivity index (χ3n) is 5.35. The molecule has 0 spiro atoms. The zero-order chi connectivity index (χ0) is 21.2. The van der Waals surface area contributed by atoms with E-state index in [9.17, 15) is 9.18 Å². The van der Waals surface area contributed by atoms with E-state index in [0.717, 1.165) is 57.9 Å². The van der Waals surface area contributed by atoms with Crippen LogP contribution < -0.4 is 10.6 Å². The number of aliphatic imine (C=N–C) groups is 1. The fourth-order valence-corrected chi connectivity index (χ4v) is 3.76. The van der Waals surface area contributed by atoms with E-state index in [1.54, 1.807) is 12.1 Å². The fraction of sp³-hybridized carbons (Fsp3) is 0.636. The van der Waals surface area contributed by atoms with Gasteiger partial charge in [0.15, 0.2) is 5.96 Å². The number of likely N-dealkylation sites (tertiary alicyclic amines) is 1. The van der Waals surface area contributed by atoms with Gasteiger partial charge in [-0.15, -0.1) is 24.0 Å². The molecule has 9 heteroatoms. The first-order valence-corrected chi connectivity index (χ1v) is 11.0. The molecular formula is C22H34FIN4O3. The number of piperidine rings is 1. The molecule has 0 radical (unpaired) electrons. The molecule has 1 atom stereocenters. The highest BCUT2D eigenvalue weighted by atomic mass is 127. The SMILES string of the molecule is CCNC(=NCC(=O)Nc1cccc(F)c1)N1CCC(OCC2CCCCO2)CC1.I. The van der Waals surface area contributed by atoms with Crippen molar-refractivity contribution in [3.05, 3.63) is 30.1 Å². The highest BCUT2D eigenvalue weighted by molar-refractivity contribution is 14.0. The molecule has 2 heterocycles. The Bertz CT molecular complexity index is 708. The van der Waals surface area contributed by atoms with Crippen LogP contribution in [0.2, 0.25) is 0 Å². The van der Waals surface area contributed by atoms with Crippen molar-refractivity contribution in [2.45, 2.75) is 51.2 Å². The summed E-state index contributed by atoms with van der Waals surface area (Å²) in [4.78, 5) is 18.8.